The fourth-order valence-electron chi connectivity index (χ4n) is 2.57. The average molecular weight is 323 g/mol. The second-order valence-electron chi connectivity index (χ2n) is 8.72. The van der Waals surface area contributed by atoms with Crippen LogP contribution in [-0.2, 0) is 4.74 Å². The molecule has 1 atom stereocenters. The van der Waals surface area contributed by atoms with Gasteiger partial charge in [-0.3, -0.25) is 0 Å². The van der Waals surface area contributed by atoms with E-state index in [0.29, 0.717) is 18.9 Å². The molecular weight excluding hydrogens is 290 g/mol. The Labute approximate surface area is 141 Å². The molecule has 0 saturated heterocycles. The Kier molecular flexibility index (Phi) is 6.47. The summed E-state index contributed by atoms with van der Waals surface area (Å²) < 4.78 is 5.32. The van der Waals surface area contributed by atoms with Crippen molar-refractivity contribution in [2.24, 2.45) is 11.3 Å². The average Bonchev–Trinajstić information content (AvgIpc) is 3.24. The molecule has 1 fully saturated rings. The standard InChI is InChI=1S/C18H33N3O2/c1-16(2,3)23-15(22)20-13-18(6,14-8-9-14)21-12-17(4,5)10-7-11-19/h14,21H,7-10,12-13H2,1-6H3,(H,20,22). The minimum absolute atomic E-state index is 0.0673. The second-order valence-corrected chi connectivity index (χ2v) is 8.72. The van der Waals surface area contributed by atoms with E-state index in [4.69, 9.17) is 10.00 Å². The summed E-state index contributed by atoms with van der Waals surface area (Å²) in [5, 5.41) is 15.3. The number of ether oxygens (including phenoxy) is 1. The molecule has 0 aromatic rings. The van der Waals surface area contributed by atoms with E-state index in [1.807, 2.05) is 20.8 Å². The number of nitriles is 1. The highest BCUT2D eigenvalue weighted by molar-refractivity contribution is 5.67. The molecule has 5 nitrogen and oxygen atoms in total. The molecule has 1 aliphatic rings. The van der Waals surface area contributed by atoms with Crippen LogP contribution in [0.1, 0.15) is 67.2 Å². The van der Waals surface area contributed by atoms with E-state index in [0.717, 1.165) is 13.0 Å². The first-order valence-corrected chi connectivity index (χ1v) is 8.56. The van der Waals surface area contributed by atoms with Crippen molar-refractivity contribution in [3.05, 3.63) is 0 Å². The lowest BCUT2D eigenvalue weighted by atomic mass is 9.86. The van der Waals surface area contributed by atoms with Gasteiger partial charge >= 0.3 is 6.09 Å². The largest absolute Gasteiger partial charge is 0.444 e. The Bertz CT molecular complexity index is 444. The zero-order valence-corrected chi connectivity index (χ0v) is 15.6. The van der Waals surface area contributed by atoms with E-state index >= 15 is 0 Å². The van der Waals surface area contributed by atoms with Gasteiger partial charge in [-0.25, -0.2) is 4.79 Å². The Morgan fingerprint density at radius 3 is 2.26 bits per heavy atom. The van der Waals surface area contributed by atoms with Gasteiger partial charge in [0.05, 0.1) is 6.07 Å². The fourth-order valence-corrected chi connectivity index (χ4v) is 2.57. The Morgan fingerprint density at radius 2 is 1.78 bits per heavy atom. The number of nitrogens with zero attached hydrogens (tertiary/aromatic N) is 1. The molecule has 23 heavy (non-hydrogen) atoms. The molecule has 0 aromatic carbocycles. The molecule has 0 bridgehead atoms. The van der Waals surface area contributed by atoms with Gasteiger partial charge in [0, 0.05) is 25.0 Å². The van der Waals surface area contributed by atoms with Crippen molar-refractivity contribution in [1.82, 2.24) is 10.6 Å². The number of alkyl carbamates (subject to hydrolysis) is 1. The summed E-state index contributed by atoms with van der Waals surface area (Å²) in [7, 11) is 0. The van der Waals surface area contributed by atoms with Gasteiger partial charge in [-0.15, -0.1) is 0 Å². The molecule has 1 aliphatic carbocycles. The van der Waals surface area contributed by atoms with Crippen molar-refractivity contribution in [3.63, 3.8) is 0 Å². The number of rotatable bonds is 8. The molecule has 5 heteroatoms. The monoisotopic (exact) mass is 323 g/mol. The fraction of sp³-hybridized carbons (Fsp3) is 0.889. The topological polar surface area (TPSA) is 74.2 Å². The SMILES string of the molecule is CC(C)(CCC#N)CNC(C)(CNC(=O)OC(C)(C)C)C1CC1. The van der Waals surface area contributed by atoms with E-state index < -0.39 is 5.60 Å². The molecule has 1 amide bonds. The van der Waals surface area contributed by atoms with Crippen LogP contribution in [0.25, 0.3) is 0 Å². The molecule has 0 radical (unpaired) electrons. The van der Waals surface area contributed by atoms with Crippen LogP contribution in [0.15, 0.2) is 0 Å². The molecule has 2 N–H and O–H groups in total. The predicted molar refractivity (Wildman–Crippen MR) is 92.0 cm³/mol. The first kappa shape index (κ1) is 19.8. The van der Waals surface area contributed by atoms with Crippen molar-refractivity contribution in [1.29, 1.82) is 5.26 Å². The summed E-state index contributed by atoms with van der Waals surface area (Å²) in [5.74, 6) is 0.587. The maximum atomic E-state index is 11.9. The van der Waals surface area contributed by atoms with Crippen molar-refractivity contribution in [2.45, 2.75) is 78.4 Å². The zero-order valence-electron chi connectivity index (χ0n) is 15.6. The maximum absolute atomic E-state index is 11.9. The Morgan fingerprint density at radius 1 is 1.17 bits per heavy atom. The van der Waals surface area contributed by atoms with E-state index in [1.54, 1.807) is 0 Å². The lowest BCUT2D eigenvalue weighted by Gasteiger charge is -2.36. The molecule has 1 unspecified atom stereocenters. The molecule has 132 valence electrons. The van der Waals surface area contributed by atoms with Crippen LogP contribution >= 0.6 is 0 Å². The van der Waals surface area contributed by atoms with Gasteiger partial charge in [0.1, 0.15) is 5.60 Å². The summed E-state index contributed by atoms with van der Waals surface area (Å²) in [6, 6.07) is 2.22. The molecule has 0 spiro atoms. The number of hydrogen-bond acceptors (Lipinski definition) is 4. The predicted octanol–water partition coefficient (Wildman–Crippen LogP) is 3.60. The highest BCUT2D eigenvalue weighted by atomic mass is 16.6. The number of amides is 1. The quantitative estimate of drug-likeness (QED) is 0.716. The Balaban J connectivity index is 2.52. The van der Waals surface area contributed by atoms with Crippen LogP contribution in [0.2, 0.25) is 0 Å². The van der Waals surface area contributed by atoms with E-state index in [-0.39, 0.29) is 17.0 Å². The molecule has 1 rings (SSSR count). The van der Waals surface area contributed by atoms with Crippen LogP contribution in [0.5, 0.6) is 0 Å². The van der Waals surface area contributed by atoms with Crippen LogP contribution < -0.4 is 10.6 Å². The summed E-state index contributed by atoms with van der Waals surface area (Å²) in [4.78, 5) is 11.9. The molecule has 0 aliphatic heterocycles. The summed E-state index contributed by atoms with van der Waals surface area (Å²) in [5.41, 5.74) is -0.536. The molecule has 0 heterocycles. The maximum Gasteiger partial charge on any atom is 0.407 e. The highest BCUT2D eigenvalue weighted by Crippen LogP contribution is 2.39. The normalized spacial score (nSPS) is 18.0. The molecular formula is C18H33N3O2. The van der Waals surface area contributed by atoms with Crippen LogP contribution in [0.3, 0.4) is 0 Å². The second kappa shape index (κ2) is 7.53. The zero-order chi connectivity index (χ0) is 17.7. The van der Waals surface area contributed by atoms with Gasteiger partial charge in [0.25, 0.3) is 0 Å². The number of hydrogen-bond donors (Lipinski definition) is 2. The van der Waals surface area contributed by atoms with Crippen molar-refractivity contribution < 1.29 is 9.53 Å². The third-order valence-corrected chi connectivity index (χ3v) is 4.36. The summed E-state index contributed by atoms with van der Waals surface area (Å²) >= 11 is 0. The number of carbonyl (C=O) groups excluding carboxylic acids is 1. The molecule has 1 saturated carbocycles. The third kappa shape index (κ3) is 7.69. The van der Waals surface area contributed by atoms with Gasteiger partial charge in [-0.2, -0.15) is 5.26 Å². The van der Waals surface area contributed by atoms with Crippen molar-refractivity contribution >= 4 is 6.09 Å². The van der Waals surface area contributed by atoms with Crippen molar-refractivity contribution in [2.75, 3.05) is 13.1 Å². The van der Waals surface area contributed by atoms with E-state index in [1.165, 1.54) is 12.8 Å². The van der Waals surface area contributed by atoms with Crippen LogP contribution in [-0.4, -0.2) is 30.3 Å². The first-order valence-electron chi connectivity index (χ1n) is 8.56. The summed E-state index contributed by atoms with van der Waals surface area (Å²) in [6.45, 7) is 13.5. The lowest BCUT2D eigenvalue weighted by molar-refractivity contribution is 0.0506. The van der Waals surface area contributed by atoms with Crippen LogP contribution in [0, 0.1) is 22.7 Å². The first-order chi connectivity index (χ1) is 10.5. The van der Waals surface area contributed by atoms with E-state index in [9.17, 15) is 4.79 Å². The third-order valence-electron chi connectivity index (χ3n) is 4.36. The number of carbonyl (C=O) groups is 1. The van der Waals surface area contributed by atoms with Gasteiger partial charge < -0.3 is 15.4 Å². The van der Waals surface area contributed by atoms with Gasteiger partial charge in [0.2, 0.25) is 0 Å². The minimum atomic E-state index is -0.479. The summed E-state index contributed by atoms with van der Waals surface area (Å²) in [6.07, 6.45) is 3.47. The van der Waals surface area contributed by atoms with Crippen LogP contribution in [0.4, 0.5) is 4.79 Å². The number of nitrogens with one attached hydrogen (secondary N) is 2. The van der Waals surface area contributed by atoms with E-state index in [2.05, 4.69) is 37.5 Å². The minimum Gasteiger partial charge on any atom is -0.444 e. The van der Waals surface area contributed by atoms with Gasteiger partial charge in [0.15, 0.2) is 0 Å². The molecule has 0 aromatic heterocycles. The smallest absolute Gasteiger partial charge is 0.407 e. The van der Waals surface area contributed by atoms with Crippen molar-refractivity contribution in [3.8, 4) is 6.07 Å². The Hall–Kier alpha value is -1.28. The lowest BCUT2D eigenvalue weighted by Crippen LogP contribution is -2.55. The van der Waals surface area contributed by atoms with Gasteiger partial charge in [-0.05, 0) is 58.3 Å². The highest BCUT2D eigenvalue weighted by Gasteiger charge is 2.42. The van der Waals surface area contributed by atoms with Gasteiger partial charge in [-0.1, -0.05) is 13.8 Å².